The van der Waals surface area contributed by atoms with Gasteiger partial charge in [0.05, 0.1) is 6.04 Å². The Morgan fingerprint density at radius 3 is 3.19 bits per heavy atom. The second kappa shape index (κ2) is 5.80. The third-order valence-corrected chi connectivity index (χ3v) is 4.43. The Labute approximate surface area is 108 Å². The fourth-order valence-corrected chi connectivity index (χ4v) is 3.28. The van der Waals surface area contributed by atoms with Crippen LogP contribution in [0.2, 0.25) is 0 Å². The number of nitrogens with one attached hydrogen (secondary N) is 2. The molecule has 2 heterocycles. The third kappa shape index (κ3) is 3.30. The summed E-state index contributed by atoms with van der Waals surface area (Å²) in [5.41, 5.74) is 0. The zero-order chi connectivity index (χ0) is 11.4. The number of thiophene rings is 1. The predicted octanol–water partition coefficient (Wildman–Crippen LogP) is 1.92. The van der Waals surface area contributed by atoms with E-state index < -0.39 is 0 Å². The van der Waals surface area contributed by atoms with Crippen LogP contribution in [-0.4, -0.2) is 25.0 Å². The molecule has 16 heavy (non-hydrogen) atoms. The van der Waals surface area contributed by atoms with Gasteiger partial charge in [0.1, 0.15) is 0 Å². The van der Waals surface area contributed by atoms with Crippen LogP contribution in [-0.2, 0) is 11.2 Å². The van der Waals surface area contributed by atoms with Crippen LogP contribution in [0, 0.1) is 0 Å². The number of hydrogen-bond donors (Lipinski definition) is 2. The SMILES string of the molecule is O=C(NCCc1cc(Br)cs1)C1CCCN1. The Kier molecular flexibility index (Phi) is 4.37. The molecule has 3 nitrogen and oxygen atoms in total. The van der Waals surface area contributed by atoms with Crippen LogP contribution in [0.5, 0.6) is 0 Å². The largest absolute Gasteiger partial charge is 0.354 e. The van der Waals surface area contributed by atoms with Crippen molar-refractivity contribution < 1.29 is 4.79 Å². The molecule has 1 atom stereocenters. The minimum atomic E-state index is 0.0371. The van der Waals surface area contributed by atoms with E-state index in [9.17, 15) is 4.79 Å². The van der Waals surface area contributed by atoms with Gasteiger partial charge in [-0.25, -0.2) is 0 Å². The molecule has 1 aliphatic rings. The molecule has 0 saturated carbocycles. The molecule has 0 aromatic carbocycles. The molecule has 0 radical (unpaired) electrons. The van der Waals surface area contributed by atoms with E-state index in [1.807, 2.05) is 0 Å². The minimum Gasteiger partial charge on any atom is -0.354 e. The van der Waals surface area contributed by atoms with Crippen LogP contribution in [0.1, 0.15) is 17.7 Å². The number of amides is 1. The van der Waals surface area contributed by atoms with E-state index in [0.29, 0.717) is 0 Å². The first-order valence-electron chi connectivity index (χ1n) is 5.50. The number of hydrogen-bond acceptors (Lipinski definition) is 3. The summed E-state index contributed by atoms with van der Waals surface area (Å²) in [6.45, 7) is 1.69. The third-order valence-electron chi connectivity index (χ3n) is 2.67. The van der Waals surface area contributed by atoms with Crippen molar-refractivity contribution in [2.45, 2.75) is 25.3 Å². The summed E-state index contributed by atoms with van der Waals surface area (Å²) in [5, 5.41) is 8.23. The van der Waals surface area contributed by atoms with Crippen LogP contribution in [0.15, 0.2) is 15.9 Å². The van der Waals surface area contributed by atoms with Gasteiger partial charge in [-0.2, -0.15) is 0 Å². The van der Waals surface area contributed by atoms with Crippen molar-refractivity contribution >= 4 is 33.2 Å². The molecule has 0 bridgehead atoms. The Morgan fingerprint density at radius 2 is 2.56 bits per heavy atom. The van der Waals surface area contributed by atoms with Gasteiger partial charge in [0, 0.05) is 21.3 Å². The highest BCUT2D eigenvalue weighted by Gasteiger charge is 2.21. The zero-order valence-electron chi connectivity index (χ0n) is 8.96. The van der Waals surface area contributed by atoms with Crippen LogP contribution < -0.4 is 10.6 Å². The van der Waals surface area contributed by atoms with Crippen molar-refractivity contribution in [1.82, 2.24) is 10.6 Å². The molecule has 1 aromatic heterocycles. The van der Waals surface area contributed by atoms with Gasteiger partial charge in [-0.15, -0.1) is 11.3 Å². The molecule has 1 saturated heterocycles. The first-order chi connectivity index (χ1) is 7.75. The second-order valence-electron chi connectivity index (χ2n) is 3.92. The Balaban J connectivity index is 1.69. The lowest BCUT2D eigenvalue weighted by Crippen LogP contribution is -2.41. The summed E-state index contributed by atoms with van der Waals surface area (Å²) >= 11 is 5.14. The van der Waals surface area contributed by atoms with Crippen molar-refractivity contribution in [3.05, 3.63) is 20.8 Å². The molecule has 1 fully saturated rings. The number of carbonyl (C=O) groups is 1. The topological polar surface area (TPSA) is 41.1 Å². The van der Waals surface area contributed by atoms with E-state index in [-0.39, 0.29) is 11.9 Å². The molecule has 5 heteroatoms. The van der Waals surface area contributed by atoms with E-state index in [1.54, 1.807) is 11.3 Å². The van der Waals surface area contributed by atoms with Crippen LogP contribution >= 0.6 is 27.3 Å². The quantitative estimate of drug-likeness (QED) is 0.892. The molecular formula is C11H15BrN2OS. The summed E-state index contributed by atoms with van der Waals surface area (Å²) in [6, 6.07) is 2.14. The van der Waals surface area contributed by atoms with Gasteiger partial charge in [0.25, 0.3) is 0 Å². The molecule has 1 aliphatic heterocycles. The Bertz CT molecular complexity index is 361. The molecule has 0 spiro atoms. The lowest BCUT2D eigenvalue weighted by Gasteiger charge is -2.10. The highest BCUT2D eigenvalue weighted by atomic mass is 79.9. The molecule has 2 N–H and O–H groups in total. The van der Waals surface area contributed by atoms with E-state index in [4.69, 9.17) is 0 Å². The van der Waals surface area contributed by atoms with Crippen LogP contribution in [0.25, 0.3) is 0 Å². The van der Waals surface area contributed by atoms with Crippen LogP contribution in [0.3, 0.4) is 0 Å². The summed E-state index contributed by atoms with van der Waals surface area (Å²) in [4.78, 5) is 13.0. The minimum absolute atomic E-state index is 0.0371. The normalized spacial score (nSPS) is 19.9. The maximum absolute atomic E-state index is 11.7. The Morgan fingerprint density at radius 1 is 1.69 bits per heavy atom. The van der Waals surface area contributed by atoms with E-state index in [0.717, 1.165) is 36.8 Å². The van der Waals surface area contributed by atoms with Gasteiger partial charge < -0.3 is 10.6 Å². The highest BCUT2D eigenvalue weighted by Crippen LogP contribution is 2.19. The molecule has 88 valence electrons. The fraction of sp³-hybridized carbons (Fsp3) is 0.545. The van der Waals surface area contributed by atoms with E-state index >= 15 is 0 Å². The first-order valence-corrected chi connectivity index (χ1v) is 7.17. The molecule has 2 rings (SSSR count). The van der Waals surface area contributed by atoms with Crippen molar-refractivity contribution in [1.29, 1.82) is 0 Å². The van der Waals surface area contributed by atoms with Crippen molar-refractivity contribution in [2.24, 2.45) is 0 Å². The Hall–Kier alpha value is -0.390. The second-order valence-corrected chi connectivity index (χ2v) is 5.83. The molecule has 1 aromatic rings. The van der Waals surface area contributed by atoms with E-state index in [2.05, 4.69) is 38.0 Å². The molecular weight excluding hydrogens is 288 g/mol. The molecule has 1 amide bonds. The average Bonchev–Trinajstić information content (AvgIpc) is 2.89. The molecule has 1 unspecified atom stereocenters. The average molecular weight is 303 g/mol. The summed E-state index contributed by atoms with van der Waals surface area (Å²) in [5.74, 6) is 0.146. The summed E-state index contributed by atoms with van der Waals surface area (Å²) < 4.78 is 1.12. The first kappa shape index (κ1) is 12.1. The van der Waals surface area contributed by atoms with Gasteiger partial charge in [-0.1, -0.05) is 0 Å². The summed E-state index contributed by atoms with van der Waals surface area (Å²) in [6.07, 6.45) is 2.99. The van der Waals surface area contributed by atoms with Gasteiger partial charge >= 0.3 is 0 Å². The monoisotopic (exact) mass is 302 g/mol. The summed E-state index contributed by atoms with van der Waals surface area (Å²) in [7, 11) is 0. The smallest absolute Gasteiger partial charge is 0.237 e. The number of rotatable bonds is 4. The standard InChI is InChI=1S/C11H15BrN2OS/c12-8-6-9(16-7-8)3-5-14-11(15)10-2-1-4-13-10/h6-7,10,13H,1-5H2,(H,14,15). The fourth-order valence-electron chi connectivity index (χ4n) is 1.83. The maximum atomic E-state index is 11.7. The van der Waals surface area contributed by atoms with Crippen molar-refractivity contribution in [3.8, 4) is 0 Å². The van der Waals surface area contributed by atoms with Gasteiger partial charge in [-0.3, -0.25) is 4.79 Å². The highest BCUT2D eigenvalue weighted by molar-refractivity contribution is 9.10. The van der Waals surface area contributed by atoms with Crippen LogP contribution in [0.4, 0.5) is 0 Å². The number of carbonyl (C=O) groups excluding carboxylic acids is 1. The predicted molar refractivity (Wildman–Crippen MR) is 69.8 cm³/mol. The molecule has 0 aliphatic carbocycles. The zero-order valence-corrected chi connectivity index (χ0v) is 11.4. The number of halogens is 1. The van der Waals surface area contributed by atoms with Gasteiger partial charge in [0.2, 0.25) is 5.91 Å². The lowest BCUT2D eigenvalue weighted by molar-refractivity contribution is -0.122. The van der Waals surface area contributed by atoms with Gasteiger partial charge in [-0.05, 0) is 47.8 Å². The van der Waals surface area contributed by atoms with Gasteiger partial charge in [0.15, 0.2) is 0 Å². The van der Waals surface area contributed by atoms with Crippen molar-refractivity contribution in [3.63, 3.8) is 0 Å². The van der Waals surface area contributed by atoms with Crippen molar-refractivity contribution in [2.75, 3.05) is 13.1 Å². The van der Waals surface area contributed by atoms with E-state index in [1.165, 1.54) is 4.88 Å². The lowest BCUT2D eigenvalue weighted by atomic mass is 10.2. The maximum Gasteiger partial charge on any atom is 0.237 e.